The number of anilines is 3. The molecule has 0 spiro atoms. The van der Waals surface area contributed by atoms with Crippen molar-refractivity contribution in [3.05, 3.63) is 107 Å². The molecule has 11 nitrogen and oxygen atoms in total. The molecule has 40 heavy (non-hydrogen) atoms. The highest BCUT2D eigenvalue weighted by molar-refractivity contribution is 5.98. The van der Waals surface area contributed by atoms with E-state index in [1.165, 1.54) is 6.20 Å². The Morgan fingerprint density at radius 2 is 1.85 bits per heavy atom. The molecule has 2 aromatic carbocycles. The van der Waals surface area contributed by atoms with Crippen molar-refractivity contribution < 1.29 is 19.4 Å². The van der Waals surface area contributed by atoms with Crippen LogP contribution in [0.1, 0.15) is 57.4 Å². The number of aliphatic hydroxyl groups is 1. The molecule has 5 N–H and O–H groups in total. The summed E-state index contributed by atoms with van der Waals surface area (Å²) in [5.74, 6) is -0.396. The maximum absolute atomic E-state index is 13.1. The summed E-state index contributed by atoms with van der Waals surface area (Å²) >= 11 is 0. The smallest absolute Gasteiger partial charge is 0.339 e. The number of ether oxygens (including phenoxy) is 1. The van der Waals surface area contributed by atoms with Gasteiger partial charge in [-0.3, -0.25) is 15.2 Å². The Morgan fingerprint density at radius 1 is 1.05 bits per heavy atom. The van der Waals surface area contributed by atoms with Gasteiger partial charge in [-0.05, 0) is 49.7 Å². The van der Waals surface area contributed by atoms with E-state index in [1.54, 1.807) is 18.3 Å². The number of pyridine rings is 1. The van der Waals surface area contributed by atoms with Crippen molar-refractivity contribution in [3.8, 4) is 0 Å². The molecule has 0 saturated carbocycles. The SMILES string of the molecule is CC1(C)OC(=O)c2ccc(Nc3ncc(C(=O)NNCc4ccccn4)c(N[C@H](CO)c4ccccc4)n3)cc21. The summed E-state index contributed by atoms with van der Waals surface area (Å²) in [6.45, 7) is 3.74. The van der Waals surface area contributed by atoms with Gasteiger partial charge < -0.3 is 20.5 Å². The number of nitrogens with zero attached hydrogens (tertiary/aromatic N) is 3. The highest BCUT2D eigenvalue weighted by atomic mass is 16.6. The lowest BCUT2D eigenvalue weighted by Crippen LogP contribution is -2.37. The van der Waals surface area contributed by atoms with Gasteiger partial charge in [0.2, 0.25) is 5.95 Å². The Kier molecular flexibility index (Phi) is 7.67. The zero-order chi connectivity index (χ0) is 28.1. The molecule has 0 bridgehead atoms. The van der Waals surface area contributed by atoms with E-state index in [-0.39, 0.29) is 29.9 Å². The fourth-order valence-corrected chi connectivity index (χ4v) is 4.36. The van der Waals surface area contributed by atoms with E-state index in [0.29, 0.717) is 17.8 Å². The predicted octanol–water partition coefficient (Wildman–Crippen LogP) is 3.60. The monoisotopic (exact) mass is 539 g/mol. The summed E-state index contributed by atoms with van der Waals surface area (Å²) in [6.07, 6.45) is 3.07. The fraction of sp³-hybridized carbons (Fsp3) is 0.207. The number of amides is 1. The Labute approximate surface area is 231 Å². The van der Waals surface area contributed by atoms with Crippen LogP contribution in [-0.4, -0.2) is 38.5 Å². The van der Waals surface area contributed by atoms with Gasteiger partial charge in [-0.25, -0.2) is 15.2 Å². The number of nitrogens with one attached hydrogen (secondary N) is 4. The molecule has 5 rings (SSSR count). The Balaban J connectivity index is 1.40. The van der Waals surface area contributed by atoms with Crippen LogP contribution in [0.3, 0.4) is 0 Å². The molecule has 0 radical (unpaired) electrons. The largest absolute Gasteiger partial charge is 0.451 e. The molecule has 1 atom stereocenters. The summed E-state index contributed by atoms with van der Waals surface area (Å²) in [7, 11) is 0. The van der Waals surface area contributed by atoms with Gasteiger partial charge in [0.1, 0.15) is 17.0 Å². The van der Waals surface area contributed by atoms with E-state index in [2.05, 4.69) is 36.4 Å². The molecule has 11 heteroatoms. The zero-order valence-electron chi connectivity index (χ0n) is 22.0. The number of aliphatic hydroxyl groups excluding tert-OH is 1. The van der Waals surface area contributed by atoms with Crippen LogP contribution in [-0.2, 0) is 16.9 Å². The third-order valence-corrected chi connectivity index (χ3v) is 6.42. The van der Waals surface area contributed by atoms with Crippen molar-refractivity contribution in [2.24, 2.45) is 0 Å². The fourth-order valence-electron chi connectivity index (χ4n) is 4.36. The quantitative estimate of drug-likeness (QED) is 0.149. The van der Waals surface area contributed by atoms with Crippen LogP contribution in [0.5, 0.6) is 0 Å². The number of cyclic esters (lactones) is 1. The third-order valence-electron chi connectivity index (χ3n) is 6.42. The van der Waals surface area contributed by atoms with Crippen LogP contribution >= 0.6 is 0 Å². The van der Waals surface area contributed by atoms with E-state index in [0.717, 1.165) is 16.8 Å². The molecule has 2 aromatic heterocycles. The van der Waals surface area contributed by atoms with Crippen molar-refractivity contribution in [3.63, 3.8) is 0 Å². The maximum Gasteiger partial charge on any atom is 0.339 e. The predicted molar refractivity (Wildman–Crippen MR) is 149 cm³/mol. The van der Waals surface area contributed by atoms with Crippen molar-refractivity contribution in [2.45, 2.75) is 32.0 Å². The lowest BCUT2D eigenvalue weighted by atomic mass is 9.95. The molecule has 0 unspecified atom stereocenters. The van der Waals surface area contributed by atoms with Crippen LogP contribution in [0.15, 0.2) is 79.1 Å². The second-order valence-electron chi connectivity index (χ2n) is 9.66. The van der Waals surface area contributed by atoms with E-state index >= 15 is 0 Å². The molecular formula is C29H29N7O4. The molecule has 4 aromatic rings. The third kappa shape index (κ3) is 5.90. The van der Waals surface area contributed by atoms with Crippen molar-refractivity contribution >= 4 is 29.3 Å². The Hall–Kier alpha value is -4.87. The molecule has 1 aliphatic rings. The number of aromatic nitrogens is 3. The molecule has 3 heterocycles. The van der Waals surface area contributed by atoms with E-state index < -0.39 is 17.6 Å². The van der Waals surface area contributed by atoms with E-state index in [9.17, 15) is 14.7 Å². The molecule has 1 amide bonds. The first-order chi connectivity index (χ1) is 19.3. The minimum atomic E-state index is -0.758. The Bertz CT molecular complexity index is 1510. The summed E-state index contributed by atoms with van der Waals surface area (Å²) < 4.78 is 5.46. The molecule has 1 aliphatic heterocycles. The second-order valence-corrected chi connectivity index (χ2v) is 9.66. The molecule has 204 valence electrons. The highest BCUT2D eigenvalue weighted by Crippen LogP contribution is 2.37. The van der Waals surface area contributed by atoms with Crippen LogP contribution in [0.2, 0.25) is 0 Å². The van der Waals surface area contributed by atoms with Gasteiger partial charge in [-0.2, -0.15) is 4.98 Å². The Morgan fingerprint density at radius 3 is 2.60 bits per heavy atom. The van der Waals surface area contributed by atoms with Crippen LogP contribution < -0.4 is 21.5 Å². The molecule has 0 aliphatic carbocycles. The summed E-state index contributed by atoms with van der Waals surface area (Å²) in [6, 6.07) is 19.6. The van der Waals surface area contributed by atoms with Crippen LogP contribution in [0.25, 0.3) is 0 Å². The van der Waals surface area contributed by atoms with E-state index in [1.807, 2.05) is 68.4 Å². The van der Waals surface area contributed by atoms with Gasteiger partial charge in [0.15, 0.2) is 0 Å². The number of hydrogen-bond acceptors (Lipinski definition) is 10. The van der Waals surface area contributed by atoms with Gasteiger partial charge in [0.25, 0.3) is 5.91 Å². The maximum atomic E-state index is 13.1. The van der Waals surface area contributed by atoms with Gasteiger partial charge in [0.05, 0.1) is 30.5 Å². The summed E-state index contributed by atoms with van der Waals surface area (Å²) in [5, 5.41) is 16.4. The number of carbonyl (C=O) groups is 2. The van der Waals surface area contributed by atoms with Crippen molar-refractivity contribution in [1.29, 1.82) is 0 Å². The van der Waals surface area contributed by atoms with Crippen LogP contribution in [0.4, 0.5) is 17.5 Å². The second kappa shape index (κ2) is 11.5. The first kappa shape index (κ1) is 26.7. The summed E-state index contributed by atoms with van der Waals surface area (Å²) in [4.78, 5) is 38.4. The number of fused-ring (bicyclic) bond motifs is 1. The zero-order valence-corrected chi connectivity index (χ0v) is 22.0. The normalized spacial score (nSPS) is 14.1. The lowest BCUT2D eigenvalue weighted by Gasteiger charge is -2.20. The topological polar surface area (TPSA) is 150 Å². The number of hydrazine groups is 1. The van der Waals surface area contributed by atoms with Crippen LogP contribution in [0, 0.1) is 0 Å². The number of rotatable bonds is 10. The van der Waals surface area contributed by atoms with E-state index in [4.69, 9.17) is 4.74 Å². The molecular weight excluding hydrogens is 510 g/mol. The van der Waals surface area contributed by atoms with Gasteiger partial charge >= 0.3 is 5.97 Å². The number of esters is 1. The highest BCUT2D eigenvalue weighted by Gasteiger charge is 2.37. The first-order valence-electron chi connectivity index (χ1n) is 12.7. The average Bonchev–Trinajstić information content (AvgIpc) is 3.19. The molecule has 0 fully saturated rings. The summed E-state index contributed by atoms with van der Waals surface area (Å²) in [5.41, 5.74) is 8.41. The lowest BCUT2D eigenvalue weighted by molar-refractivity contribution is 0.00953. The molecule has 0 saturated heterocycles. The standard InChI is InChI=1S/C29H29N7O4/c1-29(2)23-14-19(11-12-21(23)27(39)40-29)33-28-31-16-22(26(38)36-32-15-20-10-6-7-13-30-20)25(35-28)34-24(17-37)18-8-4-3-5-9-18/h3-14,16,24,32,37H,15,17H2,1-2H3,(H,36,38)(H2,31,33,34,35)/t24-/m1/s1. The first-order valence-corrected chi connectivity index (χ1v) is 12.7. The minimum Gasteiger partial charge on any atom is -0.451 e. The number of benzene rings is 2. The van der Waals surface area contributed by atoms with Crippen molar-refractivity contribution in [1.82, 2.24) is 25.8 Å². The van der Waals surface area contributed by atoms with Gasteiger partial charge in [-0.1, -0.05) is 36.4 Å². The number of hydrogen-bond donors (Lipinski definition) is 5. The van der Waals surface area contributed by atoms with Gasteiger partial charge in [0, 0.05) is 23.6 Å². The average molecular weight is 540 g/mol. The number of carbonyl (C=O) groups excluding carboxylic acids is 2. The van der Waals surface area contributed by atoms with Gasteiger partial charge in [-0.15, -0.1) is 0 Å². The van der Waals surface area contributed by atoms with Crippen molar-refractivity contribution in [2.75, 3.05) is 17.2 Å². The minimum absolute atomic E-state index is 0.169.